The largest absolute Gasteiger partial charge is 0.339 e. The summed E-state index contributed by atoms with van der Waals surface area (Å²) in [6, 6.07) is 4.45. The summed E-state index contributed by atoms with van der Waals surface area (Å²) in [5.74, 6) is 2.22. The Hall–Kier alpha value is -1.89. The van der Waals surface area contributed by atoms with Gasteiger partial charge in [-0.1, -0.05) is 24.1 Å². The van der Waals surface area contributed by atoms with Crippen molar-refractivity contribution >= 4 is 17.4 Å². The van der Waals surface area contributed by atoms with Crippen LogP contribution in [0.15, 0.2) is 22.0 Å². The molecule has 3 heterocycles. The SMILES string of the molecule is Cc1noc(C2CCN(C(=O)NC(c3cccs3)C3CCCC3)CC2)n1. The fraction of sp³-hybridized carbons (Fsp3) is 0.632. The van der Waals surface area contributed by atoms with E-state index in [-0.39, 0.29) is 18.0 Å². The number of amides is 2. The van der Waals surface area contributed by atoms with Gasteiger partial charge in [-0.05, 0) is 50.0 Å². The lowest BCUT2D eigenvalue weighted by Gasteiger charge is -2.33. The lowest BCUT2D eigenvalue weighted by atomic mass is 9.96. The number of hydrogen-bond donors (Lipinski definition) is 1. The third-order valence-corrected chi connectivity index (χ3v) is 6.63. The number of urea groups is 1. The maximum Gasteiger partial charge on any atom is 0.317 e. The van der Waals surface area contributed by atoms with Crippen molar-refractivity contribution in [3.05, 3.63) is 34.1 Å². The first-order valence-electron chi connectivity index (χ1n) is 9.60. The minimum absolute atomic E-state index is 0.0652. The molecule has 2 amide bonds. The Labute approximate surface area is 158 Å². The molecule has 6 nitrogen and oxygen atoms in total. The zero-order chi connectivity index (χ0) is 17.9. The monoisotopic (exact) mass is 374 g/mol. The summed E-state index contributed by atoms with van der Waals surface area (Å²) in [6.45, 7) is 3.31. The van der Waals surface area contributed by atoms with Crippen molar-refractivity contribution in [3.63, 3.8) is 0 Å². The van der Waals surface area contributed by atoms with E-state index < -0.39 is 0 Å². The van der Waals surface area contributed by atoms with Crippen LogP contribution >= 0.6 is 11.3 Å². The Bertz CT molecular complexity index is 716. The normalized spacial score (nSPS) is 20.4. The average molecular weight is 375 g/mol. The Morgan fingerprint density at radius 2 is 2.08 bits per heavy atom. The van der Waals surface area contributed by atoms with Gasteiger partial charge in [-0.25, -0.2) is 4.79 Å². The van der Waals surface area contributed by atoms with Crippen LogP contribution in [0.4, 0.5) is 4.79 Å². The summed E-state index contributed by atoms with van der Waals surface area (Å²) >= 11 is 1.75. The van der Waals surface area contributed by atoms with Gasteiger partial charge in [-0.2, -0.15) is 4.98 Å². The Kier molecular flexibility index (Phi) is 5.24. The number of rotatable bonds is 4. The van der Waals surface area contributed by atoms with Gasteiger partial charge in [0.2, 0.25) is 5.89 Å². The van der Waals surface area contributed by atoms with E-state index in [9.17, 15) is 4.79 Å². The third kappa shape index (κ3) is 3.77. The number of nitrogens with zero attached hydrogens (tertiary/aromatic N) is 3. The summed E-state index contributed by atoms with van der Waals surface area (Å²) in [6.07, 6.45) is 6.72. The molecule has 1 atom stereocenters. The van der Waals surface area contributed by atoms with Crippen molar-refractivity contribution in [3.8, 4) is 0 Å². The predicted molar refractivity (Wildman–Crippen MR) is 100 cm³/mol. The molecule has 2 aliphatic rings. The Morgan fingerprint density at radius 3 is 2.69 bits per heavy atom. The molecular formula is C19H26N4O2S. The first kappa shape index (κ1) is 17.5. The highest BCUT2D eigenvalue weighted by atomic mass is 32.1. The van der Waals surface area contributed by atoms with Crippen LogP contribution in [0.1, 0.15) is 67.1 Å². The summed E-state index contributed by atoms with van der Waals surface area (Å²) < 4.78 is 5.30. The number of aryl methyl sites for hydroxylation is 1. The van der Waals surface area contributed by atoms with E-state index in [4.69, 9.17) is 4.52 Å². The van der Waals surface area contributed by atoms with Crippen LogP contribution in [0.25, 0.3) is 0 Å². The van der Waals surface area contributed by atoms with E-state index in [0.29, 0.717) is 17.6 Å². The molecule has 1 aliphatic heterocycles. The van der Waals surface area contributed by atoms with Gasteiger partial charge in [-0.3, -0.25) is 0 Å². The molecule has 1 aliphatic carbocycles. The van der Waals surface area contributed by atoms with Crippen molar-refractivity contribution in [1.29, 1.82) is 0 Å². The van der Waals surface area contributed by atoms with Gasteiger partial charge in [0.15, 0.2) is 5.82 Å². The minimum atomic E-state index is 0.0652. The van der Waals surface area contributed by atoms with E-state index >= 15 is 0 Å². The highest BCUT2D eigenvalue weighted by Crippen LogP contribution is 2.37. The number of carbonyl (C=O) groups excluding carboxylic acids is 1. The first-order valence-corrected chi connectivity index (χ1v) is 10.5. The number of piperidine rings is 1. The molecular weight excluding hydrogens is 348 g/mol. The van der Waals surface area contributed by atoms with Gasteiger partial charge < -0.3 is 14.7 Å². The molecule has 2 aromatic rings. The molecule has 0 bridgehead atoms. The highest BCUT2D eigenvalue weighted by Gasteiger charge is 2.32. The average Bonchev–Trinajstić information content (AvgIpc) is 3.42. The molecule has 1 N–H and O–H groups in total. The van der Waals surface area contributed by atoms with Crippen LogP contribution < -0.4 is 5.32 Å². The number of nitrogens with one attached hydrogen (secondary N) is 1. The van der Waals surface area contributed by atoms with Crippen LogP contribution in [0, 0.1) is 12.8 Å². The quantitative estimate of drug-likeness (QED) is 0.868. The number of thiophene rings is 1. The summed E-state index contributed by atoms with van der Waals surface area (Å²) in [7, 11) is 0. The Balaban J connectivity index is 1.36. The standard InChI is InChI=1S/C19H26N4O2S/c1-13-20-18(25-22-13)15-8-10-23(11-9-15)19(24)21-17(14-5-2-3-6-14)16-7-4-12-26-16/h4,7,12,14-15,17H,2-3,5-6,8-11H2,1H3,(H,21,24). The van der Waals surface area contributed by atoms with Crippen molar-refractivity contribution in [2.45, 2.75) is 57.4 Å². The molecule has 0 radical (unpaired) electrons. The van der Waals surface area contributed by atoms with Crippen LogP contribution in [0.2, 0.25) is 0 Å². The number of carbonyl (C=O) groups is 1. The first-order chi connectivity index (χ1) is 12.7. The lowest BCUT2D eigenvalue weighted by molar-refractivity contribution is 0.168. The second-order valence-corrected chi connectivity index (χ2v) is 8.41. The minimum Gasteiger partial charge on any atom is -0.339 e. The molecule has 4 rings (SSSR count). The highest BCUT2D eigenvalue weighted by molar-refractivity contribution is 7.10. The van der Waals surface area contributed by atoms with Crippen molar-refractivity contribution in [2.24, 2.45) is 5.92 Å². The van der Waals surface area contributed by atoms with Crippen molar-refractivity contribution in [1.82, 2.24) is 20.4 Å². The Morgan fingerprint density at radius 1 is 1.31 bits per heavy atom. The molecule has 0 spiro atoms. The van der Waals surface area contributed by atoms with E-state index in [2.05, 4.69) is 33.0 Å². The molecule has 0 aromatic carbocycles. The lowest BCUT2D eigenvalue weighted by Crippen LogP contribution is -2.46. The van der Waals surface area contributed by atoms with Gasteiger partial charge in [0.05, 0.1) is 6.04 Å². The topological polar surface area (TPSA) is 71.3 Å². The van der Waals surface area contributed by atoms with Crippen molar-refractivity contribution < 1.29 is 9.32 Å². The fourth-order valence-electron chi connectivity index (χ4n) is 4.21. The second kappa shape index (κ2) is 7.78. The van der Waals surface area contributed by atoms with Gasteiger partial charge in [-0.15, -0.1) is 11.3 Å². The summed E-state index contributed by atoms with van der Waals surface area (Å²) in [4.78, 5) is 20.4. The smallest absolute Gasteiger partial charge is 0.317 e. The summed E-state index contributed by atoms with van der Waals surface area (Å²) in [5.41, 5.74) is 0. The molecule has 2 fully saturated rings. The molecule has 1 saturated carbocycles. The maximum atomic E-state index is 12.9. The molecule has 2 aromatic heterocycles. The molecule has 1 unspecified atom stereocenters. The zero-order valence-corrected chi connectivity index (χ0v) is 16.0. The molecule has 1 saturated heterocycles. The summed E-state index contributed by atoms with van der Waals surface area (Å²) in [5, 5.41) is 9.31. The molecule has 26 heavy (non-hydrogen) atoms. The van der Waals surface area contributed by atoms with Gasteiger partial charge in [0, 0.05) is 23.9 Å². The molecule has 140 valence electrons. The second-order valence-electron chi connectivity index (χ2n) is 7.43. The number of hydrogen-bond acceptors (Lipinski definition) is 5. The van der Waals surface area contributed by atoms with Crippen molar-refractivity contribution in [2.75, 3.05) is 13.1 Å². The van der Waals surface area contributed by atoms with Gasteiger partial charge >= 0.3 is 6.03 Å². The molecule has 7 heteroatoms. The van der Waals surface area contributed by atoms with E-state index in [1.54, 1.807) is 11.3 Å². The van der Waals surface area contributed by atoms with Gasteiger partial charge in [0.1, 0.15) is 0 Å². The van der Waals surface area contributed by atoms with Gasteiger partial charge in [0.25, 0.3) is 0 Å². The van der Waals surface area contributed by atoms with Crippen LogP contribution in [-0.2, 0) is 0 Å². The number of likely N-dealkylation sites (tertiary alicyclic amines) is 1. The third-order valence-electron chi connectivity index (χ3n) is 5.67. The van der Waals surface area contributed by atoms with Crippen LogP contribution in [0.3, 0.4) is 0 Å². The van der Waals surface area contributed by atoms with E-state index in [0.717, 1.165) is 25.9 Å². The van der Waals surface area contributed by atoms with E-state index in [1.165, 1.54) is 30.6 Å². The fourth-order valence-corrected chi connectivity index (χ4v) is 5.08. The number of aromatic nitrogens is 2. The van der Waals surface area contributed by atoms with Crippen LogP contribution in [-0.4, -0.2) is 34.2 Å². The predicted octanol–water partition coefficient (Wildman–Crippen LogP) is 4.26. The van der Waals surface area contributed by atoms with E-state index in [1.807, 2.05) is 11.8 Å². The maximum absolute atomic E-state index is 12.9. The van der Waals surface area contributed by atoms with Crippen LogP contribution in [0.5, 0.6) is 0 Å². The zero-order valence-electron chi connectivity index (χ0n) is 15.2.